The molecule has 12 heteroatoms. The van der Waals surface area contributed by atoms with Crippen LogP contribution in [0.2, 0.25) is 0 Å². The number of H-pyrrole nitrogens is 1. The van der Waals surface area contributed by atoms with Crippen LogP contribution in [0.4, 0.5) is 4.39 Å². The number of nitrogens with zero attached hydrogens (tertiary/aromatic N) is 6. The number of pyridine rings is 1. The second-order valence-corrected chi connectivity index (χ2v) is 8.90. The third-order valence-corrected chi connectivity index (χ3v) is 6.09. The van der Waals surface area contributed by atoms with Crippen molar-refractivity contribution >= 4 is 11.0 Å². The number of fused-ring (bicyclic) bond motifs is 1. The number of aromatic amines is 1. The van der Waals surface area contributed by atoms with Gasteiger partial charge in [-0.2, -0.15) is 4.98 Å². The Bertz CT molecular complexity index is 1520. The fourth-order valence-electron chi connectivity index (χ4n) is 4.13. The molecule has 11 nitrogen and oxygen atoms in total. The van der Waals surface area contributed by atoms with Crippen LogP contribution in [-0.2, 0) is 19.5 Å². The van der Waals surface area contributed by atoms with Crippen LogP contribution < -0.4 is 16.8 Å². The van der Waals surface area contributed by atoms with Crippen LogP contribution in [0.15, 0.2) is 43.3 Å². The third-order valence-electron chi connectivity index (χ3n) is 6.09. The van der Waals surface area contributed by atoms with Gasteiger partial charge in [-0.3, -0.25) is 23.7 Å². The molecule has 0 spiro atoms. The number of hydrogen-bond acceptors (Lipinski definition) is 8. The van der Waals surface area contributed by atoms with Crippen LogP contribution in [0.1, 0.15) is 70.2 Å². The second kappa shape index (κ2) is 11.8. The maximum Gasteiger partial charge on any atom is 0.331 e. The Balaban J connectivity index is 1.56. The Hall–Kier alpha value is -3.96. The van der Waals surface area contributed by atoms with Crippen molar-refractivity contribution in [3.63, 3.8) is 0 Å². The lowest BCUT2D eigenvalue weighted by molar-refractivity contribution is 0.356. The smallest absolute Gasteiger partial charge is 0.331 e. The minimum absolute atomic E-state index is 0.110. The molecule has 4 heterocycles. The van der Waals surface area contributed by atoms with E-state index in [-0.39, 0.29) is 29.9 Å². The van der Waals surface area contributed by atoms with Crippen LogP contribution in [0, 0.1) is 0 Å². The van der Waals surface area contributed by atoms with Gasteiger partial charge in [0.15, 0.2) is 17.5 Å². The normalized spacial score (nSPS) is 12.3. The highest BCUT2D eigenvalue weighted by Gasteiger charge is 2.20. The zero-order valence-electron chi connectivity index (χ0n) is 20.9. The van der Waals surface area contributed by atoms with Crippen molar-refractivity contribution in [2.45, 2.75) is 78.1 Å². The highest BCUT2D eigenvalue weighted by atomic mass is 19.1. The standard InChI is InChI=1S/C25H30FN7O4/c1-3-4-5-9-14-32-20-19(29-21(16(2)26)30-22(20)34)24(35)33(25(32)36)15-10-7-12-18-28-23(37-31-18)17-11-6-8-13-27-17/h6,8,11,13,16H,3-5,7,9-10,12,14-15H2,1-2H3,(H,29,30,34). The monoisotopic (exact) mass is 511 g/mol. The molecular formula is C25H30FN7O4. The molecule has 0 radical (unpaired) electrons. The lowest BCUT2D eigenvalue weighted by Crippen LogP contribution is -2.42. The molecule has 196 valence electrons. The maximum absolute atomic E-state index is 13.9. The third kappa shape index (κ3) is 5.89. The van der Waals surface area contributed by atoms with Crippen molar-refractivity contribution in [2.75, 3.05) is 0 Å². The topological polar surface area (TPSA) is 142 Å². The fourth-order valence-corrected chi connectivity index (χ4v) is 4.13. The number of rotatable bonds is 12. The number of halogens is 1. The average molecular weight is 512 g/mol. The molecule has 0 saturated heterocycles. The van der Waals surface area contributed by atoms with Gasteiger partial charge in [-0.15, -0.1) is 0 Å². The van der Waals surface area contributed by atoms with Crippen LogP contribution in [-0.4, -0.2) is 34.2 Å². The van der Waals surface area contributed by atoms with Crippen molar-refractivity contribution in [3.05, 3.63) is 67.2 Å². The molecule has 1 unspecified atom stereocenters. The summed E-state index contributed by atoms with van der Waals surface area (Å²) < 4.78 is 21.6. The molecule has 0 amide bonds. The first kappa shape index (κ1) is 26.1. The van der Waals surface area contributed by atoms with E-state index < -0.39 is 23.0 Å². The van der Waals surface area contributed by atoms with Crippen LogP contribution in [0.25, 0.3) is 22.6 Å². The van der Waals surface area contributed by atoms with Crippen LogP contribution in [0.3, 0.4) is 0 Å². The van der Waals surface area contributed by atoms with Crippen molar-refractivity contribution in [1.82, 2.24) is 34.2 Å². The summed E-state index contributed by atoms with van der Waals surface area (Å²) in [5.41, 5.74) is -1.69. The summed E-state index contributed by atoms with van der Waals surface area (Å²) in [5, 5.41) is 3.97. The summed E-state index contributed by atoms with van der Waals surface area (Å²) in [6.45, 7) is 3.68. The molecule has 0 aliphatic carbocycles. The zero-order chi connectivity index (χ0) is 26.4. The number of nitrogens with one attached hydrogen (secondary N) is 1. The molecule has 0 bridgehead atoms. The van der Waals surface area contributed by atoms with E-state index >= 15 is 0 Å². The zero-order valence-corrected chi connectivity index (χ0v) is 20.9. The van der Waals surface area contributed by atoms with Gasteiger partial charge in [0.1, 0.15) is 17.0 Å². The van der Waals surface area contributed by atoms with Gasteiger partial charge in [0.2, 0.25) is 0 Å². The molecule has 0 aromatic carbocycles. The molecule has 0 aliphatic heterocycles. The minimum atomic E-state index is -1.57. The lowest BCUT2D eigenvalue weighted by atomic mass is 10.2. The second-order valence-electron chi connectivity index (χ2n) is 8.90. The number of aryl methyl sites for hydroxylation is 2. The first-order valence-electron chi connectivity index (χ1n) is 12.6. The maximum atomic E-state index is 13.9. The van der Waals surface area contributed by atoms with Gasteiger partial charge in [-0.25, -0.2) is 14.2 Å². The van der Waals surface area contributed by atoms with Crippen molar-refractivity contribution in [2.24, 2.45) is 0 Å². The van der Waals surface area contributed by atoms with E-state index in [0.717, 1.165) is 23.8 Å². The first-order chi connectivity index (χ1) is 17.9. The Morgan fingerprint density at radius 3 is 2.54 bits per heavy atom. The number of unbranched alkanes of at least 4 members (excludes halogenated alkanes) is 4. The number of alkyl halides is 1. The molecule has 1 N–H and O–H groups in total. The van der Waals surface area contributed by atoms with Gasteiger partial charge in [-0.05, 0) is 38.3 Å². The van der Waals surface area contributed by atoms with Gasteiger partial charge in [-0.1, -0.05) is 37.4 Å². The van der Waals surface area contributed by atoms with E-state index in [2.05, 4.69) is 32.0 Å². The van der Waals surface area contributed by atoms with E-state index in [4.69, 9.17) is 4.52 Å². The van der Waals surface area contributed by atoms with E-state index in [1.54, 1.807) is 18.3 Å². The summed E-state index contributed by atoms with van der Waals surface area (Å²) in [6, 6.07) is 5.38. The Labute approximate surface area is 211 Å². The highest BCUT2D eigenvalue weighted by Crippen LogP contribution is 2.15. The van der Waals surface area contributed by atoms with Gasteiger partial charge in [0.25, 0.3) is 17.0 Å². The van der Waals surface area contributed by atoms with E-state index in [1.807, 2.05) is 6.07 Å². The summed E-state index contributed by atoms with van der Waals surface area (Å²) in [7, 11) is 0. The molecule has 0 fully saturated rings. The molecule has 0 aliphatic rings. The minimum Gasteiger partial charge on any atom is -0.332 e. The van der Waals surface area contributed by atoms with E-state index in [1.165, 1.54) is 11.5 Å². The molecular weight excluding hydrogens is 481 g/mol. The van der Waals surface area contributed by atoms with Gasteiger partial charge < -0.3 is 9.51 Å². The van der Waals surface area contributed by atoms with Gasteiger partial charge in [0, 0.05) is 25.7 Å². The molecule has 1 atom stereocenters. The predicted molar refractivity (Wildman–Crippen MR) is 135 cm³/mol. The summed E-state index contributed by atoms with van der Waals surface area (Å²) in [5.74, 6) is 0.578. The highest BCUT2D eigenvalue weighted by molar-refractivity contribution is 5.72. The molecule has 4 rings (SSSR count). The predicted octanol–water partition coefficient (Wildman–Crippen LogP) is 3.33. The van der Waals surface area contributed by atoms with Crippen molar-refractivity contribution in [1.29, 1.82) is 0 Å². The van der Waals surface area contributed by atoms with E-state index in [9.17, 15) is 18.8 Å². The Morgan fingerprint density at radius 1 is 1.03 bits per heavy atom. The summed E-state index contributed by atoms with van der Waals surface area (Å²) >= 11 is 0. The fraction of sp³-hybridized carbons (Fsp3) is 0.480. The van der Waals surface area contributed by atoms with Crippen LogP contribution >= 0.6 is 0 Å². The Morgan fingerprint density at radius 2 is 1.81 bits per heavy atom. The molecule has 37 heavy (non-hydrogen) atoms. The Kier molecular flexibility index (Phi) is 8.36. The lowest BCUT2D eigenvalue weighted by Gasteiger charge is -2.14. The number of aromatic nitrogens is 7. The quantitative estimate of drug-likeness (QED) is 0.286. The SMILES string of the molecule is CCCCCCn1c(=O)n(CCCCc2noc(-c3ccccn3)n2)c(=O)c2nc(C(C)F)[nH]c(=O)c21. The number of hydrogen-bond donors (Lipinski definition) is 1. The largest absolute Gasteiger partial charge is 0.332 e. The molecule has 4 aromatic rings. The van der Waals surface area contributed by atoms with Gasteiger partial charge in [0.05, 0.1) is 0 Å². The molecule has 0 saturated carbocycles. The summed E-state index contributed by atoms with van der Waals surface area (Å²) in [6.07, 6.45) is 5.14. The average Bonchev–Trinajstić information content (AvgIpc) is 3.37. The first-order valence-corrected chi connectivity index (χ1v) is 12.6. The molecule has 4 aromatic heterocycles. The van der Waals surface area contributed by atoms with E-state index in [0.29, 0.717) is 43.1 Å². The van der Waals surface area contributed by atoms with Gasteiger partial charge >= 0.3 is 5.69 Å². The van der Waals surface area contributed by atoms with Crippen molar-refractivity contribution < 1.29 is 8.91 Å². The summed E-state index contributed by atoms with van der Waals surface area (Å²) in [4.78, 5) is 54.2. The van der Waals surface area contributed by atoms with Crippen LogP contribution in [0.5, 0.6) is 0 Å². The van der Waals surface area contributed by atoms with Crippen molar-refractivity contribution in [3.8, 4) is 11.6 Å².